The average molecular weight is 636 g/mol. The molecule has 0 radical (unpaired) electrons. The van der Waals surface area contributed by atoms with Crippen LogP contribution in [0.2, 0.25) is 0 Å². The number of carbonyl (C=O) groups excluding carboxylic acids is 2. The van der Waals surface area contributed by atoms with Crippen LogP contribution in [-0.4, -0.2) is 70.6 Å². The maximum atomic E-state index is 13.3. The number of phenolic OH excluding ortho intramolecular Hbond substituents is 1. The van der Waals surface area contributed by atoms with E-state index in [1.807, 2.05) is 41.2 Å². The number of phenols is 1. The van der Waals surface area contributed by atoms with Gasteiger partial charge in [0.1, 0.15) is 11.8 Å². The van der Waals surface area contributed by atoms with E-state index in [0.29, 0.717) is 29.1 Å². The first-order valence-electron chi connectivity index (χ1n) is 16.0. The number of likely N-dealkylation sites (tertiary alicyclic amines) is 1. The summed E-state index contributed by atoms with van der Waals surface area (Å²) >= 11 is 0. The fraction of sp³-hybridized carbons (Fsp3) is 0.353. The van der Waals surface area contributed by atoms with Crippen molar-refractivity contribution in [3.8, 4) is 28.1 Å². The summed E-state index contributed by atoms with van der Waals surface area (Å²) in [5.74, 6) is -0.303. The van der Waals surface area contributed by atoms with Gasteiger partial charge in [-0.1, -0.05) is 24.3 Å². The molecular weight excluding hydrogens is 598 g/mol. The van der Waals surface area contributed by atoms with Gasteiger partial charge < -0.3 is 15.7 Å². The molecule has 4 N–H and O–H groups in total. The summed E-state index contributed by atoms with van der Waals surface area (Å²) in [6.45, 7) is 2.77. The van der Waals surface area contributed by atoms with Crippen LogP contribution >= 0.6 is 0 Å². The summed E-state index contributed by atoms with van der Waals surface area (Å²) in [6.07, 6.45) is 8.08. The lowest BCUT2D eigenvalue weighted by Crippen LogP contribution is -2.44. The minimum atomic E-state index is -0.696. The summed E-state index contributed by atoms with van der Waals surface area (Å²) in [7, 11) is 1.74. The number of imide groups is 1. The predicted octanol–water partition coefficient (Wildman–Crippen LogP) is 3.20. The standard InChI is InChI=1S/C34H37N9O4/c1-40-31-21(7-4-11-27(31)43(34(40)47)28-13-14-30(45)37-33(28)46)8-5-15-41-16-6-9-23(20-41)42-19-22(18-36-42)25-17-26(38-39-32(25)35)24-10-2-3-12-29(24)44/h2-4,7,10-12,17-19,23,28,44H,5-6,8-9,13-16,20H2,1H3,(H2,35,39)(H,37,45,46). The van der Waals surface area contributed by atoms with Crippen LogP contribution < -0.4 is 16.7 Å². The van der Waals surface area contributed by atoms with E-state index in [1.165, 1.54) is 4.57 Å². The first-order valence-corrected chi connectivity index (χ1v) is 16.0. The minimum Gasteiger partial charge on any atom is -0.507 e. The molecule has 47 heavy (non-hydrogen) atoms. The monoisotopic (exact) mass is 635 g/mol. The molecular formula is C34H37N9O4. The van der Waals surface area contributed by atoms with Crippen LogP contribution in [0.3, 0.4) is 0 Å². The number of rotatable bonds is 8. The van der Waals surface area contributed by atoms with E-state index in [9.17, 15) is 19.5 Å². The number of nitrogens with one attached hydrogen (secondary N) is 1. The topological polar surface area (TPSA) is 166 Å². The Morgan fingerprint density at radius 2 is 1.89 bits per heavy atom. The normalized spacial score (nSPS) is 18.9. The van der Waals surface area contributed by atoms with Crippen molar-refractivity contribution in [1.82, 2.24) is 39.3 Å². The van der Waals surface area contributed by atoms with E-state index in [1.54, 1.807) is 36.0 Å². The average Bonchev–Trinajstić information content (AvgIpc) is 3.66. The molecule has 2 saturated heterocycles. The number of para-hydroxylation sites is 2. The summed E-state index contributed by atoms with van der Waals surface area (Å²) in [6, 6.07) is 14.2. The first-order chi connectivity index (χ1) is 22.8. The van der Waals surface area contributed by atoms with Gasteiger partial charge in [-0.25, -0.2) is 4.79 Å². The molecule has 2 aromatic carbocycles. The van der Waals surface area contributed by atoms with Crippen LogP contribution in [0, 0.1) is 0 Å². The second-order valence-electron chi connectivity index (χ2n) is 12.4. The van der Waals surface area contributed by atoms with Gasteiger partial charge in [-0.05, 0) is 75.0 Å². The van der Waals surface area contributed by atoms with Gasteiger partial charge in [-0.3, -0.25) is 28.7 Å². The Morgan fingerprint density at radius 3 is 2.72 bits per heavy atom. The molecule has 2 amide bonds. The Hall–Kier alpha value is -5.30. The summed E-state index contributed by atoms with van der Waals surface area (Å²) < 4.78 is 5.17. The van der Waals surface area contributed by atoms with Crippen LogP contribution in [0.1, 0.15) is 49.8 Å². The molecule has 13 nitrogen and oxygen atoms in total. The fourth-order valence-corrected chi connectivity index (χ4v) is 7.03. The van der Waals surface area contributed by atoms with Gasteiger partial charge in [0.2, 0.25) is 11.8 Å². The number of anilines is 1. The highest BCUT2D eigenvalue weighted by Crippen LogP contribution is 2.33. The quantitative estimate of drug-likeness (QED) is 0.217. The maximum absolute atomic E-state index is 13.3. The molecule has 2 unspecified atom stereocenters. The number of imidazole rings is 1. The lowest BCUT2D eigenvalue weighted by Gasteiger charge is -2.32. The third kappa shape index (κ3) is 5.78. The third-order valence-electron chi connectivity index (χ3n) is 9.40. The van der Waals surface area contributed by atoms with Gasteiger partial charge in [-0.15, -0.1) is 10.2 Å². The van der Waals surface area contributed by atoms with Crippen molar-refractivity contribution in [1.29, 1.82) is 0 Å². The zero-order valence-electron chi connectivity index (χ0n) is 26.2. The summed E-state index contributed by atoms with van der Waals surface area (Å²) in [5.41, 5.74) is 11.3. The van der Waals surface area contributed by atoms with Crippen molar-refractivity contribution >= 4 is 28.7 Å². The molecule has 0 spiro atoms. The van der Waals surface area contributed by atoms with Crippen LogP contribution in [0.15, 0.2) is 65.7 Å². The first kappa shape index (κ1) is 30.4. The molecule has 0 saturated carbocycles. The molecule has 2 fully saturated rings. The summed E-state index contributed by atoms with van der Waals surface area (Å²) in [4.78, 5) is 40.0. The minimum absolute atomic E-state index is 0.127. The lowest BCUT2D eigenvalue weighted by molar-refractivity contribution is -0.135. The van der Waals surface area contributed by atoms with Gasteiger partial charge in [0.05, 0.1) is 29.0 Å². The molecule has 3 aromatic heterocycles. The van der Waals surface area contributed by atoms with Crippen molar-refractivity contribution < 1.29 is 14.7 Å². The van der Waals surface area contributed by atoms with E-state index in [2.05, 4.69) is 20.4 Å². The number of hydrogen-bond acceptors (Lipinski definition) is 9. The number of carbonyl (C=O) groups is 2. The second-order valence-corrected chi connectivity index (χ2v) is 12.4. The Bertz CT molecular complexity index is 2040. The van der Waals surface area contributed by atoms with Crippen molar-refractivity contribution in [3.05, 3.63) is 77.0 Å². The fourth-order valence-electron chi connectivity index (χ4n) is 7.03. The molecule has 7 rings (SSSR count). The van der Waals surface area contributed by atoms with Gasteiger partial charge >= 0.3 is 5.69 Å². The number of fused-ring (bicyclic) bond motifs is 1. The molecule has 2 aliphatic rings. The number of benzene rings is 2. The summed E-state index contributed by atoms with van der Waals surface area (Å²) in [5, 5.41) is 25.7. The Balaban J connectivity index is 1.03. The Labute approximate surface area is 270 Å². The zero-order chi connectivity index (χ0) is 32.7. The van der Waals surface area contributed by atoms with Crippen molar-refractivity contribution in [2.24, 2.45) is 7.05 Å². The van der Waals surface area contributed by atoms with Gasteiger partial charge in [0.25, 0.3) is 0 Å². The van der Waals surface area contributed by atoms with Crippen LogP contribution in [0.4, 0.5) is 5.82 Å². The van der Waals surface area contributed by atoms with Gasteiger partial charge in [0, 0.05) is 42.9 Å². The molecule has 242 valence electrons. The van der Waals surface area contributed by atoms with Gasteiger partial charge in [-0.2, -0.15) is 5.10 Å². The van der Waals surface area contributed by atoms with E-state index < -0.39 is 11.9 Å². The lowest BCUT2D eigenvalue weighted by atomic mass is 10.0. The molecule has 0 bridgehead atoms. The SMILES string of the molecule is Cn1c(=O)n(C2CCC(=O)NC2=O)c2cccc(CCCN3CCCC(n4cc(-c5cc(-c6ccccc6O)nnc5N)cn4)C3)c21. The number of aromatic hydroxyl groups is 1. The Morgan fingerprint density at radius 1 is 1.04 bits per heavy atom. The number of nitrogen functional groups attached to an aromatic ring is 1. The third-order valence-corrected chi connectivity index (χ3v) is 9.40. The number of piperidine rings is 2. The molecule has 2 aliphatic heterocycles. The maximum Gasteiger partial charge on any atom is 0.329 e. The van der Waals surface area contributed by atoms with E-state index in [-0.39, 0.29) is 29.8 Å². The Kier molecular flexibility index (Phi) is 8.06. The molecule has 2 atom stereocenters. The van der Waals surface area contributed by atoms with E-state index in [0.717, 1.165) is 67.5 Å². The van der Waals surface area contributed by atoms with Crippen LogP contribution in [-0.2, 0) is 23.1 Å². The molecule has 5 heterocycles. The number of aryl methyl sites for hydroxylation is 2. The number of nitrogens with zero attached hydrogens (tertiary/aromatic N) is 7. The molecule has 0 aliphatic carbocycles. The highest BCUT2D eigenvalue weighted by Gasteiger charge is 2.31. The van der Waals surface area contributed by atoms with Crippen molar-refractivity contribution in [3.63, 3.8) is 0 Å². The smallest absolute Gasteiger partial charge is 0.329 e. The van der Waals surface area contributed by atoms with Crippen molar-refractivity contribution in [2.45, 2.75) is 50.6 Å². The number of hydrogen-bond donors (Lipinski definition) is 3. The molecule has 13 heteroatoms. The second kappa shape index (κ2) is 12.5. The highest BCUT2D eigenvalue weighted by molar-refractivity contribution is 6.00. The number of nitrogens with two attached hydrogens (primary N) is 1. The van der Waals surface area contributed by atoms with E-state index >= 15 is 0 Å². The zero-order valence-corrected chi connectivity index (χ0v) is 26.2. The largest absolute Gasteiger partial charge is 0.507 e. The van der Waals surface area contributed by atoms with E-state index in [4.69, 9.17) is 10.8 Å². The predicted molar refractivity (Wildman–Crippen MR) is 176 cm³/mol. The van der Waals surface area contributed by atoms with Crippen molar-refractivity contribution in [2.75, 3.05) is 25.4 Å². The van der Waals surface area contributed by atoms with Crippen LogP contribution in [0.25, 0.3) is 33.4 Å². The number of amides is 2. The number of aromatic nitrogens is 6. The van der Waals surface area contributed by atoms with Crippen LogP contribution in [0.5, 0.6) is 5.75 Å². The van der Waals surface area contributed by atoms with Gasteiger partial charge in [0.15, 0.2) is 5.82 Å². The molecule has 5 aromatic rings. The highest BCUT2D eigenvalue weighted by atomic mass is 16.3.